The fraction of sp³-hybridized carbons (Fsp3) is 0.286. The van der Waals surface area contributed by atoms with Gasteiger partial charge in [-0.2, -0.15) is 0 Å². The second kappa shape index (κ2) is 6.37. The molecule has 0 fully saturated rings. The van der Waals surface area contributed by atoms with Crippen molar-refractivity contribution in [1.82, 2.24) is 0 Å². The van der Waals surface area contributed by atoms with Crippen molar-refractivity contribution in [2.24, 2.45) is 0 Å². The fourth-order valence-corrected chi connectivity index (χ4v) is 2.83. The number of fused-ring (bicyclic) bond motifs is 1. The van der Waals surface area contributed by atoms with Crippen molar-refractivity contribution in [3.8, 4) is 0 Å². The molecule has 2 rings (SSSR count). The maximum Gasteiger partial charge on any atom is 1.00 e. The van der Waals surface area contributed by atoms with Gasteiger partial charge in [-0.1, -0.05) is 32.0 Å². The molecule has 19 heavy (non-hydrogen) atoms. The van der Waals surface area contributed by atoms with E-state index in [-0.39, 0.29) is 34.5 Å². The Morgan fingerprint density at radius 3 is 2.26 bits per heavy atom. The third kappa shape index (κ3) is 3.38. The minimum Gasteiger partial charge on any atom is -0.744 e. The van der Waals surface area contributed by atoms with E-state index in [1.807, 2.05) is 12.1 Å². The molecule has 2 aromatic carbocycles. The number of rotatable bonds is 3. The van der Waals surface area contributed by atoms with Crippen LogP contribution in [0.3, 0.4) is 0 Å². The summed E-state index contributed by atoms with van der Waals surface area (Å²) in [4.78, 5) is -0.165. The summed E-state index contributed by atoms with van der Waals surface area (Å²) < 4.78 is 33.0. The van der Waals surface area contributed by atoms with E-state index in [4.69, 9.17) is 0 Å². The normalized spacial score (nSPS) is 11.3. The van der Waals surface area contributed by atoms with Gasteiger partial charge >= 0.3 is 29.6 Å². The third-order valence-electron chi connectivity index (χ3n) is 3.22. The minimum atomic E-state index is -4.38. The second-order valence-corrected chi connectivity index (χ2v) is 5.63. The van der Waals surface area contributed by atoms with Crippen molar-refractivity contribution >= 4 is 20.9 Å². The molecular weight excluding hydrogens is 271 g/mol. The van der Waals surface area contributed by atoms with E-state index >= 15 is 0 Å². The first-order valence-electron chi connectivity index (χ1n) is 5.97. The van der Waals surface area contributed by atoms with Crippen LogP contribution < -0.4 is 29.6 Å². The van der Waals surface area contributed by atoms with Crippen molar-refractivity contribution in [2.75, 3.05) is 0 Å². The predicted molar refractivity (Wildman–Crippen MR) is 70.7 cm³/mol. The molecule has 0 radical (unpaired) electrons. The Balaban J connectivity index is 0.00000180. The molecule has 0 heterocycles. The first-order chi connectivity index (χ1) is 8.47. The number of hydrogen-bond donors (Lipinski definition) is 0. The molecule has 0 saturated heterocycles. The van der Waals surface area contributed by atoms with Gasteiger partial charge in [0.2, 0.25) is 0 Å². The van der Waals surface area contributed by atoms with Crippen LogP contribution in [0.5, 0.6) is 0 Å². The molecule has 0 amide bonds. The van der Waals surface area contributed by atoms with Gasteiger partial charge in [-0.3, -0.25) is 0 Å². The maximum atomic E-state index is 11.0. The molecule has 0 saturated carbocycles. The molecule has 0 unspecified atom stereocenters. The molecule has 0 aliphatic rings. The topological polar surface area (TPSA) is 57.2 Å². The van der Waals surface area contributed by atoms with Gasteiger partial charge in [-0.15, -0.1) is 0 Å². The van der Waals surface area contributed by atoms with E-state index in [0.717, 1.165) is 23.6 Å². The molecule has 3 nitrogen and oxygen atoms in total. The van der Waals surface area contributed by atoms with E-state index in [0.29, 0.717) is 0 Å². The minimum absolute atomic E-state index is 0. The Morgan fingerprint density at radius 2 is 1.74 bits per heavy atom. The number of aryl methyl sites for hydroxylation is 2. The van der Waals surface area contributed by atoms with Gasteiger partial charge in [-0.05, 0) is 46.9 Å². The Morgan fingerprint density at radius 1 is 1.05 bits per heavy atom. The summed E-state index contributed by atoms with van der Waals surface area (Å²) >= 11 is 0. The first-order valence-corrected chi connectivity index (χ1v) is 7.38. The SMILES string of the molecule is CCc1ccc2cc(S(=O)(=O)[O-])ccc2c1CC.[Na+]. The standard InChI is InChI=1S/C14H16O3S.Na/c1-3-10-5-6-11-9-12(18(15,16)17)7-8-14(11)13(10)4-2;/h5-9H,3-4H2,1-2H3,(H,15,16,17);/q;+1/p-1. The molecule has 0 aliphatic carbocycles. The molecule has 0 aliphatic heterocycles. The van der Waals surface area contributed by atoms with Gasteiger partial charge in [0, 0.05) is 0 Å². The van der Waals surface area contributed by atoms with Gasteiger partial charge in [-0.25, -0.2) is 8.42 Å². The molecule has 0 bridgehead atoms. The summed E-state index contributed by atoms with van der Waals surface area (Å²) in [5, 5.41) is 1.84. The Labute approximate surface area is 136 Å². The summed E-state index contributed by atoms with van der Waals surface area (Å²) in [6.45, 7) is 4.17. The molecule has 0 atom stereocenters. The van der Waals surface area contributed by atoms with Crippen molar-refractivity contribution in [3.05, 3.63) is 41.5 Å². The van der Waals surface area contributed by atoms with E-state index in [2.05, 4.69) is 13.8 Å². The van der Waals surface area contributed by atoms with E-state index in [1.165, 1.54) is 23.3 Å². The molecular formula is C14H15NaO3S. The summed E-state index contributed by atoms with van der Waals surface area (Å²) in [6, 6.07) is 8.46. The van der Waals surface area contributed by atoms with Crippen LogP contribution in [0.25, 0.3) is 10.8 Å². The van der Waals surface area contributed by atoms with Crippen molar-refractivity contribution in [1.29, 1.82) is 0 Å². The van der Waals surface area contributed by atoms with Crippen LogP contribution in [0.4, 0.5) is 0 Å². The zero-order valence-corrected chi connectivity index (χ0v) is 14.3. The van der Waals surface area contributed by atoms with E-state index in [1.54, 1.807) is 6.07 Å². The Kier molecular flexibility index (Phi) is 5.59. The van der Waals surface area contributed by atoms with Gasteiger partial charge in [0.15, 0.2) is 0 Å². The van der Waals surface area contributed by atoms with Crippen molar-refractivity contribution in [3.63, 3.8) is 0 Å². The molecule has 0 N–H and O–H groups in total. The van der Waals surface area contributed by atoms with Crippen LogP contribution in [0.15, 0.2) is 35.2 Å². The average molecular weight is 286 g/mol. The van der Waals surface area contributed by atoms with E-state index in [9.17, 15) is 13.0 Å². The summed E-state index contributed by atoms with van der Waals surface area (Å²) in [6.07, 6.45) is 1.84. The molecule has 0 spiro atoms. The third-order valence-corrected chi connectivity index (χ3v) is 4.05. The average Bonchev–Trinajstić information content (AvgIpc) is 2.35. The van der Waals surface area contributed by atoms with Crippen LogP contribution >= 0.6 is 0 Å². The smallest absolute Gasteiger partial charge is 0.744 e. The van der Waals surface area contributed by atoms with Crippen LogP contribution in [-0.4, -0.2) is 13.0 Å². The second-order valence-electron chi connectivity index (χ2n) is 4.25. The summed E-state index contributed by atoms with van der Waals surface area (Å²) in [5.41, 5.74) is 2.49. The Bertz CT molecular complexity index is 693. The Hall–Kier alpha value is -0.390. The predicted octanol–water partition coefficient (Wildman–Crippen LogP) is -0.127. The molecule has 5 heteroatoms. The van der Waals surface area contributed by atoms with Gasteiger partial charge < -0.3 is 4.55 Å². The zero-order valence-electron chi connectivity index (χ0n) is 11.4. The summed E-state index contributed by atoms with van der Waals surface area (Å²) in [7, 11) is -4.38. The molecule has 2 aromatic rings. The maximum absolute atomic E-state index is 11.0. The largest absolute Gasteiger partial charge is 1.00 e. The van der Waals surface area contributed by atoms with E-state index < -0.39 is 10.1 Å². The molecule has 96 valence electrons. The van der Waals surface area contributed by atoms with Gasteiger partial charge in [0.1, 0.15) is 10.1 Å². The van der Waals surface area contributed by atoms with Crippen LogP contribution in [0.1, 0.15) is 25.0 Å². The van der Waals surface area contributed by atoms with Crippen molar-refractivity contribution < 1.29 is 42.5 Å². The molecule has 0 aromatic heterocycles. The summed E-state index contributed by atoms with van der Waals surface area (Å²) in [5.74, 6) is 0. The fourth-order valence-electron chi connectivity index (χ4n) is 2.32. The first kappa shape index (κ1) is 16.7. The van der Waals surface area contributed by atoms with Gasteiger partial charge in [0.25, 0.3) is 0 Å². The number of hydrogen-bond acceptors (Lipinski definition) is 3. The van der Waals surface area contributed by atoms with Crippen LogP contribution in [0, 0.1) is 0 Å². The zero-order chi connectivity index (χ0) is 13.3. The van der Waals surface area contributed by atoms with Crippen molar-refractivity contribution in [2.45, 2.75) is 31.6 Å². The monoisotopic (exact) mass is 286 g/mol. The number of benzene rings is 2. The van der Waals surface area contributed by atoms with Crippen LogP contribution in [-0.2, 0) is 23.0 Å². The van der Waals surface area contributed by atoms with Crippen LogP contribution in [0.2, 0.25) is 0 Å². The van der Waals surface area contributed by atoms with Gasteiger partial charge in [0.05, 0.1) is 4.90 Å². The quantitative estimate of drug-likeness (QED) is 0.583.